The second kappa shape index (κ2) is 16.1. The van der Waals surface area contributed by atoms with Gasteiger partial charge in [0.25, 0.3) is 5.79 Å². The summed E-state index contributed by atoms with van der Waals surface area (Å²) in [6.45, 7) is 5.43. The Balaban J connectivity index is 2.71. The summed E-state index contributed by atoms with van der Waals surface area (Å²) < 4.78 is 56.4. The highest BCUT2D eigenvalue weighted by Crippen LogP contribution is 2.56. The number of amides is 2. The van der Waals surface area contributed by atoms with E-state index in [-0.39, 0.29) is 18.1 Å². The topological polar surface area (TPSA) is 237 Å². The SMILES string of the molecule is CCCCOP(=O)(OCCCC)OC1(C(=O)O)CC2OC(=O)N(C(=O)O)C2C([C@H](OC(C)=O)[C@@H](COC(C)=O)OC(C)=O)O1. The maximum atomic E-state index is 13.7. The minimum absolute atomic E-state index is 0.167. The first-order chi connectivity index (χ1) is 20.6. The van der Waals surface area contributed by atoms with Gasteiger partial charge in [-0.25, -0.2) is 28.4 Å². The van der Waals surface area contributed by atoms with Crippen molar-refractivity contribution >= 4 is 43.9 Å². The van der Waals surface area contributed by atoms with Crippen LogP contribution in [0.1, 0.15) is 66.7 Å². The average molecular weight is 656 g/mol. The highest BCUT2D eigenvalue weighted by molar-refractivity contribution is 7.48. The zero-order valence-electron chi connectivity index (χ0n) is 25.0. The van der Waals surface area contributed by atoms with Gasteiger partial charge in [0.2, 0.25) is 0 Å². The molecule has 4 unspecified atom stereocenters. The normalized spacial score (nSPS) is 24.4. The molecule has 0 spiro atoms. The van der Waals surface area contributed by atoms with E-state index in [1.54, 1.807) is 0 Å². The quantitative estimate of drug-likeness (QED) is 0.0990. The summed E-state index contributed by atoms with van der Waals surface area (Å²) in [7, 11) is -4.75. The number of unbranched alkanes of at least 4 members (excludes halogenated alkanes) is 2. The number of fused-ring (bicyclic) bond motifs is 1. The predicted molar refractivity (Wildman–Crippen MR) is 142 cm³/mol. The first-order valence-corrected chi connectivity index (χ1v) is 15.3. The van der Waals surface area contributed by atoms with E-state index < -0.39 is 93.2 Å². The number of carboxylic acids is 1. The van der Waals surface area contributed by atoms with Crippen molar-refractivity contribution < 1.29 is 80.8 Å². The lowest BCUT2D eigenvalue weighted by Crippen LogP contribution is -2.66. The number of phosphoric ester groups is 1. The van der Waals surface area contributed by atoms with Crippen LogP contribution in [-0.4, -0.2) is 107 Å². The lowest BCUT2D eigenvalue weighted by atomic mass is 9.88. The summed E-state index contributed by atoms with van der Waals surface area (Å²) in [6.07, 6.45) is -9.58. The number of aliphatic carboxylic acids is 1. The van der Waals surface area contributed by atoms with Gasteiger partial charge in [-0.15, -0.1) is 0 Å². The van der Waals surface area contributed by atoms with Gasteiger partial charge in [0, 0.05) is 20.8 Å². The van der Waals surface area contributed by atoms with E-state index in [4.69, 9.17) is 37.3 Å². The fourth-order valence-corrected chi connectivity index (χ4v) is 5.88. The Labute approximate surface area is 252 Å². The summed E-state index contributed by atoms with van der Waals surface area (Å²) in [5, 5.41) is 20.2. The molecule has 2 saturated heterocycles. The van der Waals surface area contributed by atoms with Crippen LogP contribution in [0.3, 0.4) is 0 Å². The van der Waals surface area contributed by atoms with Gasteiger partial charge in [0.15, 0.2) is 12.2 Å². The van der Waals surface area contributed by atoms with Crippen molar-refractivity contribution in [3.8, 4) is 0 Å². The standard InChI is InChI=1S/C25H38NO17P/c1-6-8-10-37-44(35,38-11-9-7-2)43-25(22(30)31)12-17-19(26(23(32)33)24(34)41-17)21(42-25)20(40-16(5)29)18(39-15(4)28)13-36-14(3)27/h17-21H,6-13H2,1-5H3,(H,30,31)(H,32,33)/t17?,18-,19?,20-,21?,25?/m1/s1. The highest BCUT2D eigenvalue weighted by atomic mass is 31.2. The van der Waals surface area contributed by atoms with Crippen molar-refractivity contribution in [2.24, 2.45) is 0 Å². The molecule has 2 aliphatic heterocycles. The van der Waals surface area contributed by atoms with Crippen LogP contribution >= 0.6 is 7.82 Å². The third-order valence-corrected chi connectivity index (χ3v) is 7.82. The zero-order valence-corrected chi connectivity index (χ0v) is 25.9. The molecule has 0 aromatic heterocycles. The van der Waals surface area contributed by atoms with Crippen LogP contribution in [0, 0.1) is 0 Å². The molecular weight excluding hydrogens is 617 g/mol. The minimum atomic E-state index is -4.75. The van der Waals surface area contributed by atoms with E-state index in [0.29, 0.717) is 25.7 Å². The molecule has 18 nitrogen and oxygen atoms in total. The van der Waals surface area contributed by atoms with Crippen molar-refractivity contribution in [2.45, 2.75) is 103 Å². The zero-order chi connectivity index (χ0) is 33.2. The number of esters is 3. The molecule has 0 aromatic rings. The van der Waals surface area contributed by atoms with Gasteiger partial charge in [0.1, 0.15) is 24.9 Å². The third kappa shape index (κ3) is 9.59. The van der Waals surface area contributed by atoms with Crippen molar-refractivity contribution in [2.75, 3.05) is 19.8 Å². The van der Waals surface area contributed by atoms with Crippen LogP contribution in [0.25, 0.3) is 0 Å². The Morgan fingerprint density at radius 2 is 1.55 bits per heavy atom. The molecule has 0 aromatic carbocycles. The number of rotatable bonds is 17. The van der Waals surface area contributed by atoms with Crippen LogP contribution in [0.4, 0.5) is 9.59 Å². The monoisotopic (exact) mass is 655 g/mol. The fourth-order valence-electron chi connectivity index (χ4n) is 4.44. The molecule has 19 heteroatoms. The smallest absolute Gasteiger partial charge is 0.477 e. The highest BCUT2D eigenvalue weighted by Gasteiger charge is 2.66. The average Bonchev–Trinajstić information content (AvgIpc) is 3.24. The molecule has 2 heterocycles. The Morgan fingerprint density at radius 1 is 0.977 bits per heavy atom. The third-order valence-electron chi connectivity index (χ3n) is 6.31. The minimum Gasteiger partial charge on any atom is -0.477 e. The van der Waals surface area contributed by atoms with Gasteiger partial charge in [-0.05, 0) is 12.8 Å². The lowest BCUT2D eigenvalue weighted by Gasteiger charge is -2.46. The van der Waals surface area contributed by atoms with E-state index in [2.05, 4.69) is 0 Å². The number of carbonyl (C=O) groups excluding carboxylic acids is 4. The van der Waals surface area contributed by atoms with E-state index in [9.17, 15) is 43.5 Å². The lowest BCUT2D eigenvalue weighted by molar-refractivity contribution is -0.289. The van der Waals surface area contributed by atoms with E-state index in [0.717, 1.165) is 20.8 Å². The number of ether oxygens (including phenoxy) is 5. The Bertz CT molecular complexity index is 1120. The predicted octanol–water partition coefficient (Wildman–Crippen LogP) is 2.61. The number of phosphoric acid groups is 1. The van der Waals surface area contributed by atoms with Crippen LogP contribution in [0.2, 0.25) is 0 Å². The maximum absolute atomic E-state index is 13.7. The van der Waals surface area contributed by atoms with Gasteiger partial charge in [-0.3, -0.25) is 23.4 Å². The number of carboxylic acid groups (broad SMARTS) is 2. The Hall–Kier alpha value is -3.31. The summed E-state index contributed by atoms with van der Waals surface area (Å²) >= 11 is 0. The van der Waals surface area contributed by atoms with Crippen LogP contribution in [-0.2, 0) is 61.0 Å². The van der Waals surface area contributed by atoms with E-state index in [1.165, 1.54) is 0 Å². The van der Waals surface area contributed by atoms with Gasteiger partial charge in [-0.2, -0.15) is 0 Å². The molecule has 0 radical (unpaired) electrons. The second-order valence-corrected chi connectivity index (χ2v) is 11.4. The molecule has 44 heavy (non-hydrogen) atoms. The van der Waals surface area contributed by atoms with Gasteiger partial charge < -0.3 is 33.9 Å². The van der Waals surface area contributed by atoms with Crippen LogP contribution in [0.5, 0.6) is 0 Å². The van der Waals surface area contributed by atoms with E-state index in [1.807, 2.05) is 13.8 Å². The van der Waals surface area contributed by atoms with Crippen molar-refractivity contribution in [1.82, 2.24) is 4.90 Å². The molecule has 0 saturated carbocycles. The van der Waals surface area contributed by atoms with Gasteiger partial charge in [0.05, 0.1) is 19.6 Å². The van der Waals surface area contributed by atoms with Gasteiger partial charge in [-0.1, -0.05) is 26.7 Å². The molecule has 2 amide bonds. The molecule has 2 N–H and O–H groups in total. The Kier molecular flexibility index (Phi) is 13.5. The number of imide groups is 1. The molecular formula is C25H38NO17P. The largest absolute Gasteiger partial charge is 0.477 e. The summed E-state index contributed by atoms with van der Waals surface area (Å²) in [5.41, 5.74) is 0. The maximum Gasteiger partial charge on any atom is 0.477 e. The van der Waals surface area contributed by atoms with Crippen LogP contribution in [0.15, 0.2) is 0 Å². The number of hydrogen-bond donors (Lipinski definition) is 2. The first kappa shape index (κ1) is 36.9. The first-order valence-electron chi connectivity index (χ1n) is 13.8. The molecule has 6 atom stereocenters. The summed E-state index contributed by atoms with van der Waals surface area (Å²) in [5.74, 6) is -7.81. The van der Waals surface area contributed by atoms with Crippen molar-refractivity contribution in [3.63, 3.8) is 0 Å². The molecule has 250 valence electrons. The Morgan fingerprint density at radius 3 is 2.00 bits per heavy atom. The number of hydrogen-bond acceptors (Lipinski definition) is 15. The molecule has 2 aliphatic rings. The van der Waals surface area contributed by atoms with Crippen molar-refractivity contribution in [1.29, 1.82) is 0 Å². The van der Waals surface area contributed by atoms with Gasteiger partial charge >= 0.3 is 43.9 Å². The second-order valence-electron chi connectivity index (χ2n) is 9.85. The van der Waals surface area contributed by atoms with Crippen LogP contribution < -0.4 is 0 Å². The molecule has 2 rings (SSSR count). The molecule has 0 bridgehead atoms. The summed E-state index contributed by atoms with van der Waals surface area (Å²) in [4.78, 5) is 73.6. The number of carbonyl (C=O) groups is 6. The van der Waals surface area contributed by atoms with E-state index >= 15 is 0 Å². The molecule has 2 fully saturated rings. The molecule has 0 aliphatic carbocycles. The number of nitrogens with zero attached hydrogens (tertiary/aromatic N) is 1. The fraction of sp³-hybridized carbons (Fsp3) is 0.760. The van der Waals surface area contributed by atoms with Crippen molar-refractivity contribution in [3.05, 3.63) is 0 Å². The summed E-state index contributed by atoms with van der Waals surface area (Å²) in [6, 6.07) is -1.72.